The van der Waals surface area contributed by atoms with Gasteiger partial charge in [-0.2, -0.15) is 0 Å². The van der Waals surface area contributed by atoms with Crippen LogP contribution in [0.4, 0.5) is 5.69 Å². The van der Waals surface area contributed by atoms with Crippen LogP contribution in [-0.2, 0) is 6.54 Å². The summed E-state index contributed by atoms with van der Waals surface area (Å²) in [5.74, 6) is 2.26. The van der Waals surface area contributed by atoms with Crippen LogP contribution in [0.2, 0.25) is 0 Å². The minimum Gasteiger partial charge on any atom is -0.371 e. The van der Waals surface area contributed by atoms with E-state index >= 15 is 0 Å². The predicted molar refractivity (Wildman–Crippen MR) is 91.2 cm³/mol. The van der Waals surface area contributed by atoms with Crippen LogP contribution in [0.5, 0.6) is 0 Å². The van der Waals surface area contributed by atoms with E-state index in [1.807, 2.05) is 0 Å². The first-order valence-corrected chi connectivity index (χ1v) is 8.50. The summed E-state index contributed by atoms with van der Waals surface area (Å²) < 4.78 is 1.17. The van der Waals surface area contributed by atoms with Crippen molar-refractivity contribution in [2.24, 2.45) is 17.8 Å². The quantitative estimate of drug-likeness (QED) is 0.861. The van der Waals surface area contributed by atoms with E-state index in [2.05, 4.69) is 72.0 Å². The lowest BCUT2D eigenvalue weighted by Crippen LogP contribution is -2.24. The molecule has 3 heteroatoms. The van der Waals surface area contributed by atoms with Crippen LogP contribution in [0.3, 0.4) is 0 Å². The van der Waals surface area contributed by atoms with Gasteiger partial charge in [0.25, 0.3) is 0 Å². The third-order valence-electron chi connectivity index (χ3n) is 4.24. The molecule has 1 fully saturated rings. The van der Waals surface area contributed by atoms with E-state index in [1.54, 1.807) is 0 Å². The summed E-state index contributed by atoms with van der Waals surface area (Å²) in [6.07, 6.45) is 0. The zero-order chi connectivity index (χ0) is 14.7. The van der Waals surface area contributed by atoms with Crippen molar-refractivity contribution in [3.63, 3.8) is 0 Å². The molecule has 1 N–H and O–H groups in total. The Labute approximate surface area is 132 Å². The Kier molecular flexibility index (Phi) is 5.50. The van der Waals surface area contributed by atoms with Gasteiger partial charge in [0.05, 0.1) is 0 Å². The molecule has 0 saturated carbocycles. The van der Waals surface area contributed by atoms with E-state index in [0.29, 0.717) is 5.92 Å². The fourth-order valence-corrected chi connectivity index (χ4v) is 3.15. The van der Waals surface area contributed by atoms with Crippen molar-refractivity contribution in [3.8, 4) is 0 Å². The third-order valence-corrected chi connectivity index (χ3v) is 4.74. The highest BCUT2D eigenvalue weighted by molar-refractivity contribution is 9.10. The van der Waals surface area contributed by atoms with Crippen molar-refractivity contribution >= 4 is 21.6 Å². The third kappa shape index (κ3) is 3.98. The molecule has 1 aliphatic heterocycles. The summed E-state index contributed by atoms with van der Waals surface area (Å²) in [4.78, 5) is 2.55. The predicted octanol–water partition coefficient (Wildman–Crippen LogP) is 4.29. The number of rotatable bonds is 5. The molecule has 2 rings (SSSR count). The van der Waals surface area contributed by atoms with Gasteiger partial charge in [0.1, 0.15) is 0 Å². The first-order valence-electron chi connectivity index (χ1n) is 7.71. The van der Waals surface area contributed by atoms with E-state index in [1.165, 1.54) is 28.8 Å². The van der Waals surface area contributed by atoms with Gasteiger partial charge >= 0.3 is 0 Å². The van der Waals surface area contributed by atoms with Crippen molar-refractivity contribution in [2.75, 3.05) is 24.5 Å². The highest BCUT2D eigenvalue weighted by atomic mass is 79.9. The van der Waals surface area contributed by atoms with Crippen LogP contribution in [-0.4, -0.2) is 19.6 Å². The van der Waals surface area contributed by atoms with Crippen molar-refractivity contribution in [2.45, 2.75) is 34.2 Å². The molecule has 0 radical (unpaired) electrons. The normalized spacial score (nSPS) is 22.8. The van der Waals surface area contributed by atoms with E-state index in [9.17, 15) is 0 Å². The molecule has 1 saturated heterocycles. The first kappa shape index (κ1) is 15.8. The van der Waals surface area contributed by atoms with Crippen LogP contribution in [0.25, 0.3) is 0 Å². The maximum atomic E-state index is 3.62. The van der Waals surface area contributed by atoms with Gasteiger partial charge in [-0.3, -0.25) is 0 Å². The molecule has 2 atom stereocenters. The molecule has 1 aromatic rings. The Morgan fingerprint density at radius 2 is 1.90 bits per heavy atom. The Balaban J connectivity index is 2.12. The summed E-state index contributed by atoms with van der Waals surface area (Å²) in [5.41, 5.74) is 2.81. The number of halogens is 1. The molecule has 0 bridgehead atoms. The fourth-order valence-electron chi connectivity index (χ4n) is 2.80. The average molecular weight is 339 g/mol. The van der Waals surface area contributed by atoms with Gasteiger partial charge in [0, 0.05) is 29.8 Å². The molecule has 0 aliphatic carbocycles. The minimum atomic E-state index is 0.695. The zero-order valence-corrected chi connectivity index (χ0v) is 14.7. The molecule has 0 spiro atoms. The molecule has 2 unspecified atom stereocenters. The standard InChI is InChI=1S/C17H27BrN2/c1-12(2)8-19-9-15-5-6-16(18)7-17(15)20-10-13(3)14(4)11-20/h5-7,12-14,19H,8-11H2,1-4H3. The number of anilines is 1. The van der Waals surface area contributed by atoms with Crippen LogP contribution in [0.1, 0.15) is 33.3 Å². The summed E-state index contributed by atoms with van der Waals surface area (Å²) in [6.45, 7) is 13.6. The average Bonchev–Trinajstić information content (AvgIpc) is 2.71. The second-order valence-electron chi connectivity index (χ2n) is 6.66. The Bertz CT molecular complexity index is 435. The summed E-state index contributed by atoms with van der Waals surface area (Å²) in [5, 5.41) is 3.56. The summed E-state index contributed by atoms with van der Waals surface area (Å²) in [6, 6.07) is 6.68. The smallest absolute Gasteiger partial charge is 0.0423 e. The lowest BCUT2D eigenvalue weighted by Gasteiger charge is -2.23. The van der Waals surface area contributed by atoms with Gasteiger partial charge in [0.15, 0.2) is 0 Å². The van der Waals surface area contributed by atoms with Crippen LogP contribution in [0, 0.1) is 17.8 Å². The van der Waals surface area contributed by atoms with Gasteiger partial charge in [-0.05, 0) is 42.0 Å². The molecule has 1 aromatic carbocycles. The van der Waals surface area contributed by atoms with E-state index < -0.39 is 0 Å². The van der Waals surface area contributed by atoms with E-state index in [-0.39, 0.29) is 0 Å². The molecule has 1 aliphatic rings. The van der Waals surface area contributed by atoms with E-state index in [0.717, 1.165) is 24.9 Å². The Morgan fingerprint density at radius 1 is 1.25 bits per heavy atom. The largest absolute Gasteiger partial charge is 0.371 e. The second-order valence-corrected chi connectivity index (χ2v) is 7.57. The highest BCUT2D eigenvalue weighted by Gasteiger charge is 2.27. The molecule has 112 valence electrons. The Morgan fingerprint density at radius 3 is 2.50 bits per heavy atom. The van der Waals surface area contributed by atoms with Gasteiger partial charge in [-0.1, -0.05) is 49.7 Å². The van der Waals surface area contributed by atoms with Gasteiger partial charge in [-0.25, -0.2) is 0 Å². The number of benzene rings is 1. The molecule has 0 aromatic heterocycles. The summed E-state index contributed by atoms with van der Waals surface area (Å²) >= 11 is 3.62. The SMILES string of the molecule is CC(C)CNCc1ccc(Br)cc1N1CC(C)C(C)C1. The molecule has 1 heterocycles. The maximum absolute atomic E-state index is 3.62. The number of hydrogen-bond donors (Lipinski definition) is 1. The Hall–Kier alpha value is -0.540. The van der Waals surface area contributed by atoms with Crippen molar-refractivity contribution in [3.05, 3.63) is 28.2 Å². The van der Waals surface area contributed by atoms with Gasteiger partial charge in [-0.15, -0.1) is 0 Å². The van der Waals surface area contributed by atoms with Crippen LogP contribution >= 0.6 is 15.9 Å². The molecule has 20 heavy (non-hydrogen) atoms. The number of hydrogen-bond acceptors (Lipinski definition) is 2. The van der Waals surface area contributed by atoms with Crippen LogP contribution in [0.15, 0.2) is 22.7 Å². The number of nitrogens with zero attached hydrogens (tertiary/aromatic N) is 1. The maximum Gasteiger partial charge on any atom is 0.0423 e. The van der Waals surface area contributed by atoms with Gasteiger partial charge in [0.2, 0.25) is 0 Å². The fraction of sp³-hybridized carbons (Fsp3) is 0.647. The topological polar surface area (TPSA) is 15.3 Å². The summed E-state index contributed by atoms with van der Waals surface area (Å²) in [7, 11) is 0. The lowest BCUT2D eigenvalue weighted by molar-refractivity contribution is 0.494. The second kappa shape index (κ2) is 6.95. The first-order chi connectivity index (χ1) is 9.47. The minimum absolute atomic E-state index is 0.695. The molecule has 2 nitrogen and oxygen atoms in total. The molecular weight excluding hydrogens is 312 g/mol. The highest BCUT2D eigenvalue weighted by Crippen LogP contribution is 2.32. The van der Waals surface area contributed by atoms with E-state index in [4.69, 9.17) is 0 Å². The number of nitrogens with one attached hydrogen (secondary N) is 1. The molecule has 0 amide bonds. The van der Waals surface area contributed by atoms with Crippen LogP contribution < -0.4 is 10.2 Å². The monoisotopic (exact) mass is 338 g/mol. The van der Waals surface area contributed by atoms with Gasteiger partial charge < -0.3 is 10.2 Å². The van der Waals surface area contributed by atoms with Crippen molar-refractivity contribution < 1.29 is 0 Å². The van der Waals surface area contributed by atoms with Crippen molar-refractivity contribution in [1.82, 2.24) is 5.32 Å². The zero-order valence-electron chi connectivity index (χ0n) is 13.1. The lowest BCUT2D eigenvalue weighted by atomic mass is 10.0. The van der Waals surface area contributed by atoms with Crippen molar-refractivity contribution in [1.29, 1.82) is 0 Å². The molecular formula is C17H27BrN2.